The van der Waals surface area contributed by atoms with Crippen LogP contribution in [0.15, 0.2) is 48.5 Å². The molecule has 0 spiro atoms. The van der Waals surface area contributed by atoms with Gasteiger partial charge in [-0.05, 0) is 35.2 Å². The summed E-state index contributed by atoms with van der Waals surface area (Å²) in [5.41, 5.74) is 2.13. The first-order valence-electron chi connectivity index (χ1n) is 8.40. The van der Waals surface area contributed by atoms with Gasteiger partial charge in [0.1, 0.15) is 5.75 Å². The quantitative estimate of drug-likeness (QED) is 0.764. The summed E-state index contributed by atoms with van der Waals surface area (Å²) in [6.07, 6.45) is 0. The van der Waals surface area contributed by atoms with E-state index in [1.54, 1.807) is 24.3 Å². The fourth-order valence-electron chi connectivity index (χ4n) is 2.42. The molecule has 6 nitrogen and oxygen atoms in total. The van der Waals surface area contributed by atoms with Crippen molar-refractivity contribution in [3.8, 4) is 5.75 Å². The fourth-order valence-corrected chi connectivity index (χ4v) is 2.42. The van der Waals surface area contributed by atoms with Crippen LogP contribution in [0.3, 0.4) is 0 Å². The van der Waals surface area contributed by atoms with Crippen molar-refractivity contribution < 1.29 is 14.3 Å². The van der Waals surface area contributed by atoms with Crippen LogP contribution in [-0.2, 0) is 10.2 Å². The zero-order chi connectivity index (χ0) is 19.2. The number of anilines is 2. The summed E-state index contributed by atoms with van der Waals surface area (Å²) in [5.74, 6) is 0.427. The van der Waals surface area contributed by atoms with Gasteiger partial charge >= 0.3 is 6.03 Å². The number of amides is 3. The first-order valence-corrected chi connectivity index (χ1v) is 8.40. The number of hydrogen-bond donors (Lipinski definition) is 3. The molecule has 0 aromatic heterocycles. The molecule has 0 radical (unpaired) electrons. The minimum atomic E-state index is -0.324. The largest absolute Gasteiger partial charge is 0.483 e. The van der Waals surface area contributed by atoms with Crippen LogP contribution >= 0.6 is 0 Å². The Balaban J connectivity index is 1.98. The predicted molar refractivity (Wildman–Crippen MR) is 104 cm³/mol. The number of nitrogens with one attached hydrogen (secondary N) is 3. The molecule has 0 fully saturated rings. The number of carbonyl (C=O) groups excluding carboxylic acids is 2. The maximum absolute atomic E-state index is 12.2. The SMILES string of the molecule is CNC(=O)Nc1cccc(NC(=O)COc2ccccc2C(C)(C)C)c1. The summed E-state index contributed by atoms with van der Waals surface area (Å²) >= 11 is 0. The molecule has 2 aromatic rings. The Bertz CT molecular complexity index is 782. The van der Waals surface area contributed by atoms with E-state index in [1.165, 1.54) is 7.05 Å². The Labute approximate surface area is 153 Å². The standard InChI is InChI=1S/C20H25N3O3/c1-20(2,3)16-10-5-6-11-17(16)26-13-18(24)22-14-8-7-9-15(12-14)23-19(25)21-4/h5-12H,13H2,1-4H3,(H,22,24)(H2,21,23,25). The Kier molecular flexibility index (Phi) is 6.22. The summed E-state index contributed by atoms with van der Waals surface area (Å²) in [4.78, 5) is 23.6. The van der Waals surface area contributed by atoms with Crippen molar-refractivity contribution in [3.63, 3.8) is 0 Å². The minimum absolute atomic E-state index is 0.0765. The van der Waals surface area contributed by atoms with Crippen LogP contribution in [0, 0.1) is 0 Å². The smallest absolute Gasteiger partial charge is 0.318 e. The lowest BCUT2D eigenvalue weighted by Gasteiger charge is -2.22. The van der Waals surface area contributed by atoms with E-state index < -0.39 is 0 Å². The van der Waals surface area contributed by atoms with Crippen LogP contribution in [0.5, 0.6) is 5.75 Å². The molecule has 0 heterocycles. The van der Waals surface area contributed by atoms with Gasteiger partial charge in [-0.3, -0.25) is 4.79 Å². The second kappa shape index (κ2) is 8.38. The molecule has 0 aliphatic rings. The van der Waals surface area contributed by atoms with Gasteiger partial charge in [-0.25, -0.2) is 4.79 Å². The molecule has 0 aliphatic heterocycles. The van der Waals surface area contributed by atoms with Gasteiger partial charge in [0.25, 0.3) is 5.91 Å². The van der Waals surface area contributed by atoms with Gasteiger partial charge in [0.2, 0.25) is 0 Å². The molecule has 0 saturated carbocycles. The van der Waals surface area contributed by atoms with E-state index in [0.29, 0.717) is 17.1 Å². The summed E-state index contributed by atoms with van der Waals surface area (Å²) in [6.45, 7) is 6.20. The third-order valence-corrected chi connectivity index (χ3v) is 3.69. The topological polar surface area (TPSA) is 79.5 Å². The lowest BCUT2D eigenvalue weighted by molar-refractivity contribution is -0.118. The highest BCUT2D eigenvalue weighted by molar-refractivity contribution is 5.94. The van der Waals surface area contributed by atoms with E-state index in [4.69, 9.17) is 4.74 Å². The van der Waals surface area contributed by atoms with Gasteiger partial charge in [-0.2, -0.15) is 0 Å². The Morgan fingerprint density at radius 2 is 1.62 bits per heavy atom. The summed E-state index contributed by atoms with van der Waals surface area (Å²) in [7, 11) is 1.54. The van der Waals surface area contributed by atoms with Gasteiger partial charge < -0.3 is 20.7 Å². The van der Waals surface area contributed by atoms with Crippen molar-refractivity contribution in [2.24, 2.45) is 0 Å². The number of rotatable bonds is 5. The fraction of sp³-hybridized carbons (Fsp3) is 0.300. The lowest BCUT2D eigenvalue weighted by atomic mass is 9.86. The zero-order valence-electron chi connectivity index (χ0n) is 15.6. The monoisotopic (exact) mass is 355 g/mol. The van der Waals surface area contributed by atoms with Crippen LogP contribution in [0.4, 0.5) is 16.2 Å². The van der Waals surface area contributed by atoms with Crippen molar-refractivity contribution in [1.82, 2.24) is 5.32 Å². The number of hydrogen-bond acceptors (Lipinski definition) is 3. The molecular weight excluding hydrogens is 330 g/mol. The van der Waals surface area contributed by atoms with Gasteiger partial charge in [0, 0.05) is 18.4 Å². The number of urea groups is 1. The van der Waals surface area contributed by atoms with Crippen molar-refractivity contribution in [2.75, 3.05) is 24.3 Å². The first kappa shape index (κ1) is 19.3. The van der Waals surface area contributed by atoms with Crippen molar-refractivity contribution in [3.05, 3.63) is 54.1 Å². The van der Waals surface area contributed by atoms with Gasteiger partial charge in [0.15, 0.2) is 6.61 Å². The molecular formula is C20H25N3O3. The van der Waals surface area contributed by atoms with E-state index >= 15 is 0 Å². The van der Waals surface area contributed by atoms with E-state index in [-0.39, 0.29) is 24.0 Å². The maximum atomic E-state index is 12.2. The molecule has 0 atom stereocenters. The van der Waals surface area contributed by atoms with Crippen LogP contribution in [-0.4, -0.2) is 25.6 Å². The highest BCUT2D eigenvalue weighted by Gasteiger charge is 2.18. The van der Waals surface area contributed by atoms with Crippen LogP contribution < -0.4 is 20.7 Å². The van der Waals surface area contributed by atoms with Crippen LogP contribution in [0.25, 0.3) is 0 Å². The number of benzene rings is 2. The molecule has 0 unspecified atom stereocenters. The van der Waals surface area contributed by atoms with Gasteiger partial charge in [-0.15, -0.1) is 0 Å². The number of carbonyl (C=O) groups is 2. The molecule has 6 heteroatoms. The number of para-hydroxylation sites is 1. The zero-order valence-corrected chi connectivity index (χ0v) is 15.6. The molecule has 3 amide bonds. The summed E-state index contributed by atoms with van der Waals surface area (Å²) in [6, 6.07) is 14.3. The Hall–Kier alpha value is -3.02. The Morgan fingerprint density at radius 1 is 0.962 bits per heavy atom. The second-order valence-corrected chi connectivity index (χ2v) is 6.87. The second-order valence-electron chi connectivity index (χ2n) is 6.87. The first-order chi connectivity index (χ1) is 12.3. The predicted octanol–water partition coefficient (Wildman–Crippen LogP) is 3.75. The molecule has 0 aliphatic carbocycles. The van der Waals surface area contributed by atoms with Crippen molar-refractivity contribution >= 4 is 23.3 Å². The van der Waals surface area contributed by atoms with Crippen molar-refractivity contribution in [2.45, 2.75) is 26.2 Å². The van der Waals surface area contributed by atoms with E-state index in [2.05, 4.69) is 36.7 Å². The van der Waals surface area contributed by atoms with E-state index in [1.807, 2.05) is 24.3 Å². The molecule has 3 N–H and O–H groups in total. The molecule has 2 aromatic carbocycles. The molecule has 0 bridgehead atoms. The molecule has 0 saturated heterocycles. The summed E-state index contributed by atoms with van der Waals surface area (Å²) < 4.78 is 5.72. The third kappa shape index (κ3) is 5.51. The average molecular weight is 355 g/mol. The minimum Gasteiger partial charge on any atom is -0.483 e. The highest BCUT2D eigenvalue weighted by Crippen LogP contribution is 2.30. The van der Waals surface area contributed by atoms with Crippen LogP contribution in [0.2, 0.25) is 0 Å². The van der Waals surface area contributed by atoms with Crippen LogP contribution in [0.1, 0.15) is 26.3 Å². The highest BCUT2D eigenvalue weighted by atomic mass is 16.5. The molecule has 138 valence electrons. The average Bonchev–Trinajstić information content (AvgIpc) is 2.59. The third-order valence-electron chi connectivity index (χ3n) is 3.69. The lowest BCUT2D eigenvalue weighted by Crippen LogP contribution is -2.24. The van der Waals surface area contributed by atoms with Gasteiger partial charge in [0.05, 0.1) is 0 Å². The molecule has 26 heavy (non-hydrogen) atoms. The van der Waals surface area contributed by atoms with Crippen molar-refractivity contribution in [1.29, 1.82) is 0 Å². The normalized spacial score (nSPS) is 10.8. The summed E-state index contributed by atoms with van der Waals surface area (Å²) in [5, 5.41) is 7.89. The van der Waals surface area contributed by atoms with Gasteiger partial charge in [-0.1, -0.05) is 45.0 Å². The number of ether oxygens (including phenoxy) is 1. The molecule has 2 rings (SSSR count). The maximum Gasteiger partial charge on any atom is 0.318 e. The van der Waals surface area contributed by atoms with E-state index in [9.17, 15) is 9.59 Å². The van der Waals surface area contributed by atoms with E-state index in [0.717, 1.165) is 5.56 Å². The Morgan fingerprint density at radius 3 is 2.27 bits per heavy atom.